The molecule has 0 saturated carbocycles. The molecule has 0 aliphatic heterocycles. The van der Waals surface area contributed by atoms with Crippen LogP contribution in [0.25, 0.3) is 11.1 Å². The first-order valence-corrected chi connectivity index (χ1v) is 5.79. The fraction of sp³-hybridized carbons (Fsp3) is 0.200. The third-order valence-corrected chi connectivity index (χ3v) is 1.99. The summed E-state index contributed by atoms with van der Waals surface area (Å²) < 4.78 is 0. The maximum absolute atomic E-state index is 9.56. The SMILES string of the molecule is CC.CN.Oc1ccccc1-c1ccccc1. The van der Waals surface area contributed by atoms with E-state index in [1.807, 2.05) is 62.4 Å². The molecule has 0 radical (unpaired) electrons. The predicted octanol–water partition coefficient (Wildman–Crippen LogP) is 3.66. The van der Waals surface area contributed by atoms with Crippen LogP contribution in [0.3, 0.4) is 0 Å². The average molecular weight is 231 g/mol. The molecule has 0 heterocycles. The van der Waals surface area contributed by atoms with Gasteiger partial charge in [0.2, 0.25) is 0 Å². The first kappa shape index (κ1) is 15.2. The lowest BCUT2D eigenvalue weighted by molar-refractivity contribution is 0.477. The van der Waals surface area contributed by atoms with Gasteiger partial charge in [-0.15, -0.1) is 0 Å². The standard InChI is InChI=1S/C12H10O.C2H6.CH5N/c13-12-9-5-4-8-11(12)10-6-2-1-3-7-10;2*1-2/h1-9,13H;1-2H3;2H2,1H3. The quantitative estimate of drug-likeness (QED) is 0.786. The summed E-state index contributed by atoms with van der Waals surface area (Å²) in [6.45, 7) is 4.00. The number of para-hydroxylation sites is 1. The van der Waals surface area contributed by atoms with Crippen molar-refractivity contribution in [1.29, 1.82) is 0 Å². The van der Waals surface area contributed by atoms with E-state index in [-0.39, 0.29) is 0 Å². The van der Waals surface area contributed by atoms with E-state index in [0.29, 0.717) is 5.75 Å². The van der Waals surface area contributed by atoms with Crippen LogP contribution in [0, 0.1) is 0 Å². The van der Waals surface area contributed by atoms with Crippen molar-refractivity contribution < 1.29 is 5.11 Å². The Kier molecular flexibility index (Phi) is 8.43. The average Bonchev–Trinajstić information content (AvgIpc) is 2.45. The zero-order chi connectivity index (χ0) is 13.1. The molecule has 0 unspecified atom stereocenters. The molecule has 0 aliphatic carbocycles. The summed E-state index contributed by atoms with van der Waals surface area (Å²) in [7, 11) is 1.50. The van der Waals surface area contributed by atoms with Gasteiger partial charge < -0.3 is 10.8 Å². The Balaban J connectivity index is 0.000000581. The molecule has 2 aromatic rings. The van der Waals surface area contributed by atoms with Crippen LogP contribution in [-0.2, 0) is 0 Å². The van der Waals surface area contributed by atoms with Crippen LogP contribution < -0.4 is 5.73 Å². The van der Waals surface area contributed by atoms with Crippen molar-refractivity contribution in [3.05, 3.63) is 54.6 Å². The lowest BCUT2D eigenvalue weighted by atomic mass is 10.1. The third-order valence-electron chi connectivity index (χ3n) is 1.99. The molecule has 0 saturated heterocycles. The molecule has 0 fully saturated rings. The summed E-state index contributed by atoms with van der Waals surface area (Å²) in [5.74, 6) is 0.328. The molecule has 2 aromatic carbocycles. The maximum atomic E-state index is 9.56. The van der Waals surface area contributed by atoms with E-state index < -0.39 is 0 Å². The zero-order valence-corrected chi connectivity index (χ0v) is 10.7. The Hall–Kier alpha value is -1.80. The molecule has 0 aliphatic rings. The van der Waals surface area contributed by atoms with E-state index in [1.165, 1.54) is 7.05 Å². The van der Waals surface area contributed by atoms with Crippen molar-refractivity contribution >= 4 is 0 Å². The fourth-order valence-electron chi connectivity index (χ4n) is 1.34. The van der Waals surface area contributed by atoms with Crippen LogP contribution in [0.1, 0.15) is 13.8 Å². The highest BCUT2D eigenvalue weighted by atomic mass is 16.3. The lowest BCUT2D eigenvalue weighted by Gasteiger charge is -2.02. The summed E-state index contributed by atoms with van der Waals surface area (Å²) in [4.78, 5) is 0. The Morgan fingerprint density at radius 1 is 0.765 bits per heavy atom. The van der Waals surface area contributed by atoms with Gasteiger partial charge >= 0.3 is 0 Å². The summed E-state index contributed by atoms with van der Waals surface area (Å²) in [6, 6.07) is 17.2. The van der Waals surface area contributed by atoms with Crippen LogP contribution in [0.2, 0.25) is 0 Å². The molecule has 2 rings (SSSR count). The van der Waals surface area contributed by atoms with Gasteiger partial charge in [0.15, 0.2) is 0 Å². The first-order valence-electron chi connectivity index (χ1n) is 5.79. The summed E-state index contributed by atoms with van der Waals surface area (Å²) in [5.41, 5.74) is 6.42. The Bertz CT molecular complexity index is 399. The van der Waals surface area contributed by atoms with E-state index in [2.05, 4.69) is 5.73 Å². The molecule has 0 bridgehead atoms. The minimum atomic E-state index is 0.328. The van der Waals surface area contributed by atoms with Gasteiger partial charge in [-0.3, -0.25) is 0 Å². The number of hydrogen-bond acceptors (Lipinski definition) is 2. The molecule has 0 amide bonds. The molecule has 2 nitrogen and oxygen atoms in total. The van der Waals surface area contributed by atoms with Gasteiger partial charge in [-0.05, 0) is 18.7 Å². The predicted molar refractivity (Wildman–Crippen MR) is 75.0 cm³/mol. The van der Waals surface area contributed by atoms with E-state index in [1.54, 1.807) is 6.07 Å². The van der Waals surface area contributed by atoms with E-state index in [4.69, 9.17) is 0 Å². The van der Waals surface area contributed by atoms with Gasteiger partial charge in [0, 0.05) is 5.56 Å². The number of aromatic hydroxyl groups is 1. The number of nitrogens with two attached hydrogens (primary N) is 1. The Morgan fingerprint density at radius 3 is 1.76 bits per heavy atom. The zero-order valence-electron chi connectivity index (χ0n) is 10.7. The number of hydrogen-bond donors (Lipinski definition) is 2. The highest BCUT2D eigenvalue weighted by molar-refractivity contribution is 5.69. The normalized spacial score (nSPS) is 8.24. The second-order valence-corrected chi connectivity index (χ2v) is 2.88. The van der Waals surface area contributed by atoms with Crippen molar-refractivity contribution in [1.82, 2.24) is 0 Å². The van der Waals surface area contributed by atoms with Crippen LogP contribution in [-0.4, -0.2) is 12.2 Å². The minimum absolute atomic E-state index is 0.328. The van der Waals surface area contributed by atoms with Crippen molar-refractivity contribution in [3.63, 3.8) is 0 Å². The van der Waals surface area contributed by atoms with Gasteiger partial charge in [-0.25, -0.2) is 0 Å². The molecular formula is C15H21NO. The van der Waals surface area contributed by atoms with Crippen LogP contribution >= 0.6 is 0 Å². The van der Waals surface area contributed by atoms with Crippen LogP contribution in [0.4, 0.5) is 0 Å². The highest BCUT2D eigenvalue weighted by Crippen LogP contribution is 2.27. The number of benzene rings is 2. The molecule has 92 valence electrons. The summed E-state index contributed by atoms with van der Waals surface area (Å²) in [6.07, 6.45) is 0. The Morgan fingerprint density at radius 2 is 1.24 bits per heavy atom. The van der Waals surface area contributed by atoms with Crippen molar-refractivity contribution in [2.45, 2.75) is 13.8 Å². The van der Waals surface area contributed by atoms with Gasteiger partial charge in [0.05, 0.1) is 0 Å². The molecule has 0 atom stereocenters. The Labute approximate surface area is 104 Å². The number of rotatable bonds is 1. The van der Waals surface area contributed by atoms with Crippen molar-refractivity contribution in [2.75, 3.05) is 7.05 Å². The van der Waals surface area contributed by atoms with Gasteiger partial charge in [0.25, 0.3) is 0 Å². The molecule has 17 heavy (non-hydrogen) atoms. The lowest BCUT2D eigenvalue weighted by Crippen LogP contribution is -1.76. The molecule has 0 aromatic heterocycles. The monoisotopic (exact) mass is 231 g/mol. The van der Waals surface area contributed by atoms with E-state index in [0.717, 1.165) is 11.1 Å². The van der Waals surface area contributed by atoms with Gasteiger partial charge in [0.1, 0.15) is 5.75 Å². The first-order chi connectivity index (χ1) is 8.38. The second kappa shape index (κ2) is 9.43. The van der Waals surface area contributed by atoms with Gasteiger partial charge in [-0.2, -0.15) is 0 Å². The third kappa shape index (κ3) is 4.70. The van der Waals surface area contributed by atoms with Crippen LogP contribution in [0.5, 0.6) is 5.75 Å². The maximum Gasteiger partial charge on any atom is 0.123 e. The molecular weight excluding hydrogens is 210 g/mol. The molecule has 3 N–H and O–H groups in total. The summed E-state index contributed by atoms with van der Waals surface area (Å²) in [5, 5.41) is 9.56. The number of phenols is 1. The summed E-state index contributed by atoms with van der Waals surface area (Å²) >= 11 is 0. The van der Waals surface area contributed by atoms with Crippen LogP contribution in [0.15, 0.2) is 54.6 Å². The highest BCUT2D eigenvalue weighted by Gasteiger charge is 2.00. The van der Waals surface area contributed by atoms with E-state index >= 15 is 0 Å². The molecule has 0 spiro atoms. The molecule has 2 heteroatoms. The van der Waals surface area contributed by atoms with E-state index in [9.17, 15) is 5.11 Å². The fourth-order valence-corrected chi connectivity index (χ4v) is 1.34. The number of phenolic OH excluding ortho intramolecular Hbond substituents is 1. The smallest absolute Gasteiger partial charge is 0.123 e. The van der Waals surface area contributed by atoms with Crippen molar-refractivity contribution in [2.24, 2.45) is 5.73 Å². The minimum Gasteiger partial charge on any atom is -0.507 e. The largest absolute Gasteiger partial charge is 0.507 e. The second-order valence-electron chi connectivity index (χ2n) is 2.88. The van der Waals surface area contributed by atoms with Gasteiger partial charge in [-0.1, -0.05) is 62.4 Å². The topological polar surface area (TPSA) is 46.2 Å². The van der Waals surface area contributed by atoms with Crippen molar-refractivity contribution in [3.8, 4) is 16.9 Å².